The zero-order valence-electron chi connectivity index (χ0n) is 19.8. The van der Waals surface area contributed by atoms with Crippen LogP contribution >= 0.6 is 0 Å². The number of benzene rings is 3. The summed E-state index contributed by atoms with van der Waals surface area (Å²) in [6, 6.07) is 17.3. The molecular weight excluding hydrogens is 468 g/mol. The SMILES string of the molecule is COc1ccc(-c2nc(C(=O)NCc3ccc(F)cc3F)c([C@H](C)N)o2)cc1OCc1ccccc1. The summed E-state index contributed by atoms with van der Waals surface area (Å²) >= 11 is 0. The molecule has 0 aliphatic rings. The fourth-order valence-corrected chi connectivity index (χ4v) is 3.51. The fraction of sp³-hybridized carbons (Fsp3) is 0.185. The van der Waals surface area contributed by atoms with Gasteiger partial charge in [-0.25, -0.2) is 13.8 Å². The molecule has 0 unspecified atom stereocenters. The number of rotatable bonds is 9. The van der Waals surface area contributed by atoms with Gasteiger partial charge >= 0.3 is 0 Å². The molecule has 3 aromatic carbocycles. The third kappa shape index (κ3) is 5.69. The monoisotopic (exact) mass is 493 g/mol. The van der Waals surface area contributed by atoms with Crippen LogP contribution in [0, 0.1) is 11.6 Å². The number of ether oxygens (including phenoxy) is 2. The molecule has 1 aromatic heterocycles. The minimum absolute atomic E-state index is 0.0231. The second kappa shape index (κ2) is 11.0. The number of nitrogens with two attached hydrogens (primary N) is 1. The normalized spacial score (nSPS) is 11.7. The maximum absolute atomic E-state index is 13.9. The number of methoxy groups -OCH3 is 1. The van der Waals surface area contributed by atoms with Crippen LogP contribution in [-0.4, -0.2) is 18.0 Å². The van der Waals surface area contributed by atoms with Crippen molar-refractivity contribution >= 4 is 5.91 Å². The van der Waals surface area contributed by atoms with E-state index >= 15 is 0 Å². The topological polar surface area (TPSA) is 99.6 Å². The summed E-state index contributed by atoms with van der Waals surface area (Å²) in [5.74, 6) is -0.739. The third-order valence-electron chi connectivity index (χ3n) is 5.38. The van der Waals surface area contributed by atoms with Gasteiger partial charge in [-0.15, -0.1) is 0 Å². The van der Waals surface area contributed by atoms with E-state index < -0.39 is 23.6 Å². The summed E-state index contributed by atoms with van der Waals surface area (Å²) < 4.78 is 44.3. The van der Waals surface area contributed by atoms with Crippen molar-refractivity contribution in [2.75, 3.05) is 7.11 Å². The van der Waals surface area contributed by atoms with Crippen LogP contribution in [0.15, 0.2) is 71.1 Å². The van der Waals surface area contributed by atoms with Gasteiger partial charge in [-0.1, -0.05) is 36.4 Å². The molecule has 9 heteroatoms. The van der Waals surface area contributed by atoms with Crippen LogP contribution in [0.2, 0.25) is 0 Å². The van der Waals surface area contributed by atoms with Crippen molar-refractivity contribution in [1.29, 1.82) is 0 Å². The fourth-order valence-electron chi connectivity index (χ4n) is 3.51. The highest BCUT2D eigenvalue weighted by Gasteiger charge is 2.24. The molecule has 0 spiro atoms. The van der Waals surface area contributed by atoms with Crippen LogP contribution in [0.1, 0.15) is 40.3 Å². The minimum Gasteiger partial charge on any atom is -0.493 e. The van der Waals surface area contributed by atoms with Crippen molar-refractivity contribution < 1.29 is 27.5 Å². The van der Waals surface area contributed by atoms with Crippen LogP contribution in [0.25, 0.3) is 11.5 Å². The maximum atomic E-state index is 13.9. The first-order valence-electron chi connectivity index (χ1n) is 11.2. The lowest BCUT2D eigenvalue weighted by molar-refractivity contribution is 0.0943. The Morgan fingerprint density at radius 3 is 2.56 bits per heavy atom. The van der Waals surface area contributed by atoms with Gasteiger partial charge in [-0.2, -0.15) is 0 Å². The van der Waals surface area contributed by atoms with E-state index in [0.29, 0.717) is 23.7 Å². The summed E-state index contributed by atoms with van der Waals surface area (Å²) in [6.07, 6.45) is 0. The molecule has 1 heterocycles. The zero-order valence-corrected chi connectivity index (χ0v) is 19.8. The highest BCUT2D eigenvalue weighted by atomic mass is 19.1. The van der Waals surface area contributed by atoms with Gasteiger partial charge in [0.25, 0.3) is 5.91 Å². The van der Waals surface area contributed by atoms with Gasteiger partial charge < -0.3 is 24.9 Å². The maximum Gasteiger partial charge on any atom is 0.273 e. The lowest BCUT2D eigenvalue weighted by Gasteiger charge is -2.11. The first-order valence-corrected chi connectivity index (χ1v) is 11.2. The van der Waals surface area contributed by atoms with E-state index in [0.717, 1.165) is 17.7 Å². The number of carbonyl (C=O) groups is 1. The highest BCUT2D eigenvalue weighted by molar-refractivity contribution is 5.94. The number of nitrogens with one attached hydrogen (secondary N) is 1. The molecule has 186 valence electrons. The Kier molecular flexibility index (Phi) is 7.60. The Labute approximate surface area is 206 Å². The molecule has 7 nitrogen and oxygen atoms in total. The first-order chi connectivity index (χ1) is 17.4. The Balaban J connectivity index is 1.57. The molecule has 0 radical (unpaired) electrons. The van der Waals surface area contributed by atoms with Crippen LogP contribution in [0.3, 0.4) is 0 Å². The number of hydrogen-bond acceptors (Lipinski definition) is 6. The molecular formula is C27H25F2N3O4. The smallest absolute Gasteiger partial charge is 0.273 e. The second-order valence-corrected chi connectivity index (χ2v) is 8.08. The van der Waals surface area contributed by atoms with E-state index in [1.54, 1.807) is 25.1 Å². The van der Waals surface area contributed by atoms with Crippen molar-refractivity contribution in [2.45, 2.75) is 26.1 Å². The van der Waals surface area contributed by atoms with E-state index in [1.807, 2.05) is 30.3 Å². The van der Waals surface area contributed by atoms with Crippen LogP contribution in [0.4, 0.5) is 8.78 Å². The molecule has 4 aromatic rings. The van der Waals surface area contributed by atoms with Gasteiger partial charge in [0.1, 0.15) is 18.2 Å². The quantitative estimate of drug-likeness (QED) is 0.334. The predicted octanol–water partition coefficient (Wildman–Crippen LogP) is 5.16. The van der Waals surface area contributed by atoms with Crippen molar-refractivity contribution in [1.82, 2.24) is 10.3 Å². The van der Waals surface area contributed by atoms with Gasteiger partial charge in [-0.05, 0) is 36.8 Å². The summed E-state index contributed by atoms with van der Waals surface area (Å²) in [5, 5.41) is 2.58. The van der Waals surface area contributed by atoms with E-state index in [2.05, 4.69) is 10.3 Å². The summed E-state index contributed by atoms with van der Waals surface area (Å²) in [5.41, 5.74) is 7.66. The van der Waals surface area contributed by atoms with Gasteiger partial charge in [0.2, 0.25) is 5.89 Å². The van der Waals surface area contributed by atoms with Gasteiger partial charge in [0, 0.05) is 23.7 Å². The molecule has 0 fully saturated rings. The largest absolute Gasteiger partial charge is 0.493 e. The number of carbonyl (C=O) groups excluding carboxylic acids is 1. The van der Waals surface area contributed by atoms with Crippen molar-refractivity contribution in [3.05, 3.63) is 101 Å². The number of oxazole rings is 1. The van der Waals surface area contributed by atoms with Crippen molar-refractivity contribution in [2.24, 2.45) is 5.73 Å². The molecule has 1 atom stereocenters. The zero-order chi connectivity index (χ0) is 25.7. The van der Waals surface area contributed by atoms with E-state index in [-0.39, 0.29) is 29.5 Å². The summed E-state index contributed by atoms with van der Waals surface area (Å²) in [6.45, 7) is 1.82. The second-order valence-electron chi connectivity index (χ2n) is 8.08. The van der Waals surface area contributed by atoms with Crippen LogP contribution in [0.5, 0.6) is 11.5 Å². The predicted molar refractivity (Wildman–Crippen MR) is 129 cm³/mol. The molecule has 0 saturated carbocycles. The molecule has 0 saturated heterocycles. The molecule has 1 amide bonds. The van der Waals surface area contributed by atoms with Gasteiger partial charge in [-0.3, -0.25) is 4.79 Å². The molecule has 3 N–H and O–H groups in total. The summed E-state index contributed by atoms with van der Waals surface area (Å²) in [4.78, 5) is 17.2. The number of halogens is 2. The molecule has 4 rings (SSSR count). The number of nitrogens with zero attached hydrogens (tertiary/aromatic N) is 1. The number of amides is 1. The number of aromatic nitrogens is 1. The Bertz CT molecular complexity index is 1360. The van der Waals surface area contributed by atoms with Gasteiger partial charge in [0.15, 0.2) is 23.0 Å². The summed E-state index contributed by atoms with van der Waals surface area (Å²) in [7, 11) is 1.54. The first kappa shape index (κ1) is 24.9. The average Bonchev–Trinajstić information content (AvgIpc) is 3.33. The number of hydrogen-bond donors (Lipinski definition) is 2. The highest BCUT2D eigenvalue weighted by Crippen LogP contribution is 2.34. The Morgan fingerprint density at radius 1 is 1.08 bits per heavy atom. The average molecular weight is 494 g/mol. The van der Waals surface area contributed by atoms with E-state index in [1.165, 1.54) is 13.2 Å². The Morgan fingerprint density at radius 2 is 1.86 bits per heavy atom. The lowest BCUT2D eigenvalue weighted by Crippen LogP contribution is -2.25. The van der Waals surface area contributed by atoms with Gasteiger partial charge in [0.05, 0.1) is 13.2 Å². The minimum atomic E-state index is -0.759. The molecule has 36 heavy (non-hydrogen) atoms. The van der Waals surface area contributed by atoms with E-state index in [9.17, 15) is 13.6 Å². The van der Waals surface area contributed by atoms with E-state index in [4.69, 9.17) is 19.6 Å². The van der Waals surface area contributed by atoms with Crippen molar-refractivity contribution in [3.63, 3.8) is 0 Å². The lowest BCUT2D eigenvalue weighted by atomic mass is 10.2. The van der Waals surface area contributed by atoms with Crippen LogP contribution in [-0.2, 0) is 13.2 Å². The van der Waals surface area contributed by atoms with Crippen molar-refractivity contribution in [3.8, 4) is 23.0 Å². The molecule has 0 aliphatic heterocycles. The third-order valence-corrected chi connectivity index (χ3v) is 5.38. The standard InChI is InChI=1S/C27H25F2N3O4/c1-16(30)25-24(26(33)31-14-19-8-10-20(28)13-21(19)29)32-27(36-25)18-9-11-22(34-2)23(12-18)35-15-17-6-4-3-5-7-17/h3-13,16H,14-15,30H2,1-2H3,(H,31,33)/t16-/m0/s1. The molecule has 0 aliphatic carbocycles. The van der Waals surface area contributed by atoms with Crippen LogP contribution < -0.4 is 20.5 Å². The Hall–Kier alpha value is -4.24. The molecule has 0 bridgehead atoms.